The first-order chi connectivity index (χ1) is 10.2. The normalized spacial score (nSPS) is 11.1. The number of carbonyl (C=O) groups excluding carboxylic acids is 1. The quantitative estimate of drug-likeness (QED) is 0.413. The second kappa shape index (κ2) is 5.85. The van der Waals surface area contributed by atoms with Crippen molar-refractivity contribution < 1.29 is 4.79 Å². The van der Waals surface area contributed by atoms with Gasteiger partial charge in [-0.15, -0.1) is 0 Å². The van der Waals surface area contributed by atoms with Crippen molar-refractivity contribution in [2.45, 2.75) is 0 Å². The predicted molar refractivity (Wildman–Crippen MR) is 84.4 cm³/mol. The maximum atomic E-state index is 12.0. The second-order valence-electron chi connectivity index (χ2n) is 4.50. The van der Waals surface area contributed by atoms with Crippen LogP contribution < -0.4 is 0 Å². The average Bonchev–Trinajstić information content (AvgIpc) is 2.53. The molecule has 3 nitrogen and oxygen atoms in total. The molecule has 4 heteroatoms. The summed E-state index contributed by atoms with van der Waals surface area (Å²) in [5.41, 5.74) is 2.09. The number of allylic oxidation sites excluding steroid dienone is 1. The van der Waals surface area contributed by atoms with Gasteiger partial charge in [0.1, 0.15) is 5.15 Å². The molecule has 0 radical (unpaired) electrons. The van der Waals surface area contributed by atoms with Crippen molar-refractivity contribution in [2.75, 3.05) is 0 Å². The Morgan fingerprint density at radius 3 is 2.81 bits per heavy atom. The fourth-order valence-corrected chi connectivity index (χ4v) is 2.20. The van der Waals surface area contributed by atoms with Gasteiger partial charge in [-0.1, -0.05) is 29.8 Å². The van der Waals surface area contributed by atoms with E-state index in [1.807, 2.05) is 30.3 Å². The van der Waals surface area contributed by atoms with Gasteiger partial charge in [0, 0.05) is 28.9 Å². The minimum absolute atomic E-state index is 0.118. The van der Waals surface area contributed by atoms with Crippen molar-refractivity contribution in [3.63, 3.8) is 0 Å². The van der Waals surface area contributed by atoms with E-state index in [0.717, 1.165) is 10.9 Å². The van der Waals surface area contributed by atoms with E-state index in [9.17, 15) is 4.79 Å². The first-order valence-corrected chi connectivity index (χ1v) is 6.79. The highest BCUT2D eigenvalue weighted by molar-refractivity contribution is 6.31. The molecule has 3 aromatic rings. The number of benzene rings is 1. The molecule has 3 rings (SSSR count). The summed E-state index contributed by atoms with van der Waals surface area (Å²) >= 11 is 6.15. The van der Waals surface area contributed by atoms with Crippen LogP contribution in [-0.4, -0.2) is 15.8 Å². The summed E-state index contributed by atoms with van der Waals surface area (Å²) in [5.74, 6) is -0.118. The Morgan fingerprint density at radius 2 is 2.00 bits per heavy atom. The molecule has 0 amide bonds. The van der Waals surface area contributed by atoms with Crippen molar-refractivity contribution in [1.29, 1.82) is 0 Å². The lowest BCUT2D eigenvalue weighted by Gasteiger charge is -2.01. The Morgan fingerprint density at radius 1 is 1.14 bits per heavy atom. The number of halogens is 1. The zero-order valence-electron chi connectivity index (χ0n) is 11.0. The molecule has 0 atom stereocenters. The molecule has 1 aromatic carbocycles. The molecule has 0 N–H and O–H groups in total. The summed E-state index contributed by atoms with van der Waals surface area (Å²) in [6.07, 6.45) is 6.32. The predicted octanol–water partition coefficient (Wildman–Crippen LogP) is 4.18. The topological polar surface area (TPSA) is 42.9 Å². The van der Waals surface area contributed by atoms with Crippen LogP contribution in [0.15, 0.2) is 60.9 Å². The Hall–Kier alpha value is -2.52. The van der Waals surface area contributed by atoms with Crippen LogP contribution in [0.25, 0.3) is 17.0 Å². The van der Waals surface area contributed by atoms with Gasteiger partial charge in [-0.3, -0.25) is 9.78 Å². The molecular formula is C17H11ClN2O. The van der Waals surface area contributed by atoms with E-state index in [-0.39, 0.29) is 5.78 Å². The molecule has 0 saturated carbocycles. The molecule has 0 aliphatic carbocycles. The van der Waals surface area contributed by atoms with Gasteiger partial charge < -0.3 is 0 Å². The van der Waals surface area contributed by atoms with Crippen molar-refractivity contribution in [1.82, 2.24) is 9.97 Å². The first kappa shape index (κ1) is 13.5. The molecule has 102 valence electrons. The summed E-state index contributed by atoms with van der Waals surface area (Å²) in [5, 5.41) is 1.36. The molecule has 0 aliphatic heterocycles. The number of carbonyl (C=O) groups is 1. The first-order valence-electron chi connectivity index (χ1n) is 6.42. The number of aromatic nitrogens is 2. The van der Waals surface area contributed by atoms with Gasteiger partial charge in [-0.05, 0) is 36.4 Å². The Bertz CT molecular complexity index is 829. The third kappa shape index (κ3) is 2.98. The number of fused-ring (bicyclic) bond motifs is 1. The second-order valence-corrected chi connectivity index (χ2v) is 4.86. The van der Waals surface area contributed by atoms with E-state index in [1.165, 1.54) is 12.3 Å². The van der Waals surface area contributed by atoms with Crippen LogP contribution in [0, 0.1) is 0 Å². The van der Waals surface area contributed by atoms with Crippen molar-refractivity contribution in [3.8, 4) is 0 Å². The SMILES string of the molecule is O=C(/C=C/c1cc2ccccc2nc1Cl)c1cccnc1. The number of hydrogen-bond acceptors (Lipinski definition) is 3. The van der Waals surface area contributed by atoms with E-state index in [4.69, 9.17) is 11.6 Å². The van der Waals surface area contributed by atoms with E-state index in [1.54, 1.807) is 24.4 Å². The molecular weight excluding hydrogens is 284 g/mol. The Kier molecular flexibility index (Phi) is 3.75. The van der Waals surface area contributed by atoms with Gasteiger partial charge >= 0.3 is 0 Å². The minimum atomic E-state index is -0.118. The van der Waals surface area contributed by atoms with Crippen molar-refractivity contribution in [2.24, 2.45) is 0 Å². The van der Waals surface area contributed by atoms with Crippen LogP contribution >= 0.6 is 11.6 Å². The van der Waals surface area contributed by atoms with Crippen LogP contribution in [0.3, 0.4) is 0 Å². The molecule has 0 spiro atoms. The van der Waals surface area contributed by atoms with E-state index < -0.39 is 0 Å². The number of pyridine rings is 2. The molecule has 0 aliphatic rings. The third-order valence-electron chi connectivity index (χ3n) is 3.06. The fraction of sp³-hybridized carbons (Fsp3) is 0. The molecule has 0 fully saturated rings. The Labute approximate surface area is 126 Å². The van der Waals surface area contributed by atoms with Crippen molar-refractivity contribution >= 4 is 34.4 Å². The van der Waals surface area contributed by atoms with Gasteiger partial charge in [-0.2, -0.15) is 0 Å². The lowest BCUT2D eigenvalue weighted by Crippen LogP contribution is -1.94. The van der Waals surface area contributed by atoms with E-state index in [2.05, 4.69) is 9.97 Å². The minimum Gasteiger partial charge on any atom is -0.289 e. The van der Waals surface area contributed by atoms with Crippen molar-refractivity contribution in [3.05, 3.63) is 77.2 Å². The lowest BCUT2D eigenvalue weighted by atomic mass is 10.1. The highest BCUT2D eigenvalue weighted by Crippen LogP contribution is 2.21. The fourth-order valence-electron chi connectivity index (χ4n) is 2.00. The lowest BCUT2D eigenvalue weighted by molar-refractivity contribution is 0.104. The molecule has 21 heavy (non-hydrogen) atoms. The zero-order valence-corrected chi connectivity index (χ0v) is 11.8. The van der Waals surface area contributed by atoms with E-state index in [0.29, 0.717) is 16.3 Å². The number of nitrogens with zero attached hydrogens (tertiary/aromatic N) is 2. The van der Waals surface area contributed by atoms with Crippen LogP contribution in [0.1, 0.15) is 15.9 Å². The largest absolute Gasteiger partial charge is 0.289 e. The number of hydrogen-bond donors (Lipinski definition) is 0. The highest BCUT2D eigenvalue weighted by atomic mass is 35.5. The number of ketones is 1. The summed E-state index contributed by atoms with van der Waals surface area (Å²) in [6.45, 7) is 0. The van der Waals surface area contributed by atoms with E-state index >= 15 is 0 Å². The van der Waals surface area contributed by atoms with Gasteiger partial charge in [0.2, 0.25) is 0 Å². The summed E-state index contributed by atoms with van der Waals surface area (Å²) < 4.78 is 0. The number of rotatable bonds is 3. The molecule has 0 bridgehead atoms. The molecule has 2 aromatic heterocycles. The summed E-state index contributed by atoms with van der Waals surface area (Å²) in [6, 6.07) is 13.1. The van der Waals surface area contributed by atoms with Crippen LogP contribution in [-0.2, 0) is 0 Å². The Balaban J connectivity index is 1.92. The molecule has 2 heterocycles. The van der Waals surface area contributed by atoms with Crippen LogP contribution in [0.2, 0.25) is 5.15 Å². The van der Waals surface area contributed by atoms with Gasteiger partial charge in [-0.25, -0.2) is 4.98 Å². The average molecular weight is 295 g/mol. The summed E-state index contributed by atoms with van der Waals surface area (Å²) in [4.78, 5) is 20.2. The van der Waals surface area contributed by atoms with Crippen LogP contribution in [0.5, 0.6) is 0 Å². The van der Waals surface area contributed by atoms with Crippen LogP contribution in [0.4, 0.5) is 0 Å². The number of para-hydroxylation sites is 1. The van der Waals surface area contributed by atoms with Gasteiger partial charge in [0.15, 0.2) is 5.78 Å². The third-order valence-corrected chi connectivity index (χ3v) is 3.37. The maximum absolute atomic E-state index is 12.0. The monoisotopic (exact) mass is 294 g/mol. The van der Waals surface area contributed by atoms with Gasteiger partial charge in [0.05, 0.1) is 5.52 Å². The summed E-state index contributed by atoms with van der Waals surface area (Å²) in [7, 11) is 0. The molecule has 0 unspecified atom stereocenters. The maximum Gasteiger partial charge on any atom is 0.187 e. The zero-order chi connectivity index (χ0) is 14.7. The highest BCUT2D eigenvalue weighted by Gasteiger charge is 2.04. The smallest absolute Gasteiger partial charge is 0.187 e. The molecule has 0 saturated heterocycles. The van der Waals surface area contributed by atoms with Gasteiger partial charge in [0.25, 0.3) is 0 Å². The standard InChI is InChI=1S/C17H11ClN2O/c18-17-13(10-12-4-1-2-6-15(12)20-17)7-8-16(21)14-5-3-9-19-11-14/h1-11H/b8-7+.